The summed E-state index contributed by atoms with van der Waals surface area (Å²) in [5, 5.41) is 0. The highest BCUT2D eigenvalue weighted by molar-refractivity contribution is 5.98. The predicted octanol–water partition coefficient (Wildman–Crippen LogP) is 6.00. The van der Waals surface area contributed by atoms with Gasteiger partial charge >= 0.3 is 11.9 Å². The maximum atomic E-state index is 13.7. The molecule has 0 saturated heterocycles. The van der Waals surface area contributed by atoms with Crippen LogP contribution in [0.3, 0.4) is 0 Å². The first-order valence-corrected chi connectivity index (χ1v) is 11.1. The summed E-state index contributed by atoms with van der Waals surface area (Å²) >= 11 is 0. The number of carbonyl (C=O) groups excluding carboxylic acids is 2. The van der Waals surface area contributed by atoms with Crippen LogP contribution in [0.1, 0.15) is 77.1 Å². The number of fused-ring (bicyclic) bond motifs is 1. The van der Waals surface area contributed by atoms with E-state index in [1.54, 1.807) is 6.92 Å². The van der Waals surface area contributed by atoms with Crippen molar-refractivity contribution in [1.82, 2.24) is 0 Å². The summed E-state index contributed by atoms with van der Waals surface area (Å²) in [6, 6.07) is 13.7. The van der Waals surface area contributed by atoms with Crippen molar-refractivity contribution in [3.05, 3.63) is 76.9 Å². The van der Waals surface area contributed by atoms with Gasteiger partial charge in [-0.3, -0.25) is 4.79 Å². The highest BCUT2D eigenvalue weighted by Crippen LogP contribution is 2.52. The molecule has 1 heterocycles. The highest BCUT2D eigenvalue weighted by atomic mass is 16.5. The molecule has 1 aliphatic rings. The van der Waals surface area contributed by atoms with Crippen LogP contribution in [0.4, 0.5) is 0 Å². The molecule has 1 atom stereocenters. The molecule has 0 saturated carbocycles. The number of hydrogen-bond donors (Lipinski definition) is 0. The minimum atomic E-state index is -1.16. The molecule has 0 N–H and O–H groups in total. The van der Waals surface area contributed by atoms with E-state index in [0.29, 0.717) is 5.75 Å². The van der Waals surface area contributed by atoms with E-state index in [-0.39, 0.29) is 35.4 Å². The van der Waals surface area contributed by atoms with Crippen LogP contribution in [0.2, 0.25) is 0 Å². The molecule has 4 nitrogen and oxygen atoms in total. The van der Waals surface area contributed by atoms with Gasteiger partial charge in [-0.1, -0.05) is 90.6 Å². The second-order valence-electron chi connectivity index (χ2n) is 10.6. The monoisotopic (exact) mass is 434 g/mol. The van der Waals surface area contributed by atoms with Gasteiger partial charge in [-0.25, -0.2) is 4.79 Å². The maximum absolute atomic E-state index is 13.7. The van der Waals surface area contributed by atoms with Gasteiger partial charge in [0, 0.05) is 23.1 Å². The zero-order valence-corrected chi connectivity index (χ0v) is 20.3. The Morgan fingerprint density at radius 3 is 2.19 bits per heavy atom. The normalized spacial score (nSPS) is 18.2. The van der Waals surface area contributed by atoms with Crippen LogP contribution >= 0.6 is 0 Å². The lowest BCUT2D eigenvalue weighted by molar-refractivity contribution is -0.139. The lowest BCUT2D eigenvalue weighted by Gasteiger charge is -2.30. The van der Waals surface area contributed by atoms with Crippen LogP contribution in [0.5, 0.6) is 5.75 Å². The fourth-order valence-corrected chi connectivity index (χ4v) is 4.23. The molecular weight excluding hydrogens is 400 g/mol. The molecule has 4 heteroatoms. The van der Waals surface area contributed by atoms with Gasteiger partial charge in [0.25, 0.3) is 0 Å². The Bertz CT molecular complexity index is 1050. The Balaban J connectivity index is 2.35. The summed E-state index contributed by atoms with van der Waals surface area (Å²) in [5.41, 5.74) is 2.37. The second kappa shape index (κ2) is 8.23. The minimum absolute atomic E-state index is 0.0961. The van der Waals surface area contributed by atoms with Crippen molar-refractivity contribution in [2.75, 3.05) is 6.61 Å². The van der Waals surface area contributed by atoms with Gasteiger partial charge in [-0.15, -0.1) is 0 Å². The Morgan fingerprint density at radius 2 is 1.66 bits per heavy atom. The first-order chi connectivity index (χ1) is 14.8. The number of esters is 2. The minimum Gasteiger partial charge on any atom is -0.463 e. The Morgan fingerprint density at radius 1 is 1.03 bits per heavy atom. The largest absolute Gasteiger partial charge is 0.463 e. The predicted molar refractivity (Wildman–Crippen MR) is 127 cm³/mol. The van der Waals surface area contributed by atoms with Gasteiger partial charge in [0.1, 0.15) is 11.2 Å². The number of rotatable bonds is 5. The maximum Gasteiger partial charge on any atom is 0.333 e. The van der Waals surface area contributed by atoms with E-state index < -0.39 is 11.4 Å². The smallest absolute Gasteiger partial charge is 0.333 e. The van der Waals surface area contributed by atoms with Crippen LogP contribution in [-0.2, 0) is 30.6 Å². The van der Waals surface area contributed by atoms with Crippen LogP contribution in [-0.4, -0.2) is 18.5 Å². The van der Waals surface area contributed by atoms with Gasteiger partial charge in [0.15, 0.2) is 0 Å². The van der Waals surface area contributed by atoms with Crippen molar-refractivity contribution in [1.29, 1.82) is 0 Å². The van der Waals surface area contributed by atoms with Crippen molar-refractivity contribution in [3.8, 4) is 5.75 Å². The molecule has 170 valence electrons. The van der Waals surface area contributed by atoms with E-state index in [4.69, 9.17) is 9.47 Å². The van der Waals surface area contributed by atoms with Crippen molar-refractivity contribution >= 4 is 11.9 Å². The van der Waals surface area contributed by atoms with Crippen LogP contribution in [0.25, 0.3) is 0 Å². The molecular formula is C28H34O4. The zero-order chi connectivity index (χ0) is 23.9. The van der Waals surface area contributed by atoms with E-state index >= 15 is 0 Å². The van der Waals surface area contributed by atoms with Gasteiger partial charge in [0.05, 0.1) is 6.61 Å². The van der Waals surface area contributed by atoms with Crippen LogP contribution in [0.15, 0.2) is 54.6 Å². The van der Waals surface area contributed by atoms with E-state index in [1.807, 2.05) is 30.3 Å². The van der Waals surface area contributed by atoms with Crippen molar-refractivity contribution in [2.45, 2.75) is 71.1 Å². The standard InChI is InChI=1S/C28H34O4/c1-9-31-24(29)18(2)17-28(19-13-11-10-12-14-19)22-16-20(26(3,4)5)15-21(27(6,7)8)23(22)32-25(28)30/h10-16H,2,9,17H2,1,3-8H3. The van der Waals surface area contributed by atoms with Gasteiger partial charge in [0.2, 0.25) is 0 Å². The molecule has 0 aromatic heterocycles. The third kappa shape index (κ3) is 4.11. The number of hydrogen-bond acceptors (Lipinski definition) is 4. The van der Waals surface area contributed by atoms with Crippen LogP contribution in [0, 0.1) is 0 Å². The number of ether oxygens (including phenoxy) is 2. The average Bonchev–Trinajstić information content (AvgIpc) is 2.98. The first kappa shape index (κ1) is 23.8. The molecule has 2 aromatic carbocycles. The summed E-state index contributed by atoms with van der Waals surface area (Å²) in [6.45, 7) is 18.8. The van der Waals surface area contributed by atoms with Crippen LogP contribution < -0.4 is 4.74 Å². The first-order valence-electron chi connectivity index (χ1n) is 11.1. The highest BCUT2D eigenvalue weighted by Gasteiger charge is 2.53. The van der Waals surface area contributed by atoms with Crippen molar-refractivity contribution in [2.24, 2.45) is 0 Å². The van der Waals surface area contributed by atoms with Gasteiger partial charge < -0.3 is 9.47 Å². The molecule has 1 aliphatic heterocycles. The average molecular weight is 435 g/mol. The fourth-order valence-electron chi connectivity index (χ4n) is 4.23. The third-order valence-corrected chi connectivity index (χ3v) is 6.08. The summed E-state index contributed by atoms with van der Waals surface area (Å²) in [4.78, 5) is 26.2. The van der Waals surface area contributed by atoms with Crippen molar-refractivity contribution in [3.63, 3.8) is 0 Å². The molecule has 3 rings (SSSR count). The molecule has 0 amide bonds. The molecule has 1 unspecified atom stereocenters. The SMILES string of the molecule is C=C(CC1(c2ccccc2)C(=O)Oc2c(C(C)(C)C)cc(C(C)(C)C)cc21)C(=O)OCC. The van der Waals surface area contributed by atoms with E-state index in [2.05, 4.69) is 60.3 Å². The fraction of sp³-hybridized carbons (Fsp3) is 0.429. The summed E-state index contributed by atoms with van der Waals surface area (Å²) in [5.74, 6) is -0.288. The van der Waals surface area contributed by atoms with E-state index in [1.165, 1.54) is 0 Å². The number of benzene rings is 2. The number of carbonyl (C=O) groups is 2. The summed E-state index contributed by atoms with van der Waals surface area (Å²) in [6.07, 6.45) is 0.0961. The molecule has 0 aliphatic carbocycles. The quantitative estimate of drug-likeness (QED) is 0.329. The summed E-state index contributed by atoms with van der Waals surface area (Å²) in [7, 11) is 0. The molecule has 32 heavy (non-hydrogen) atoms. The molecule has 0 bridgehead atoms. The molecule has 0 radical (unpaired) electrons. The van der Waals surface area contributed by atoms with Crippen molar-refractivity contribution < 1.29 is 19.1 Å². The Kier molecular flexibility index (Phi) is 6.12. The molecule has 0 spiro atoms. The lowest BCUT2D eigenvalue weighted by atomic mass is 9.68. The molecule has 0 fully saturated rings. The topological polar surface area (TPSA) is 52.6 Å². The van der Waals surface area contributed by atoms with Gasteiger partial charge in [-0.2, -0.15) is 0 Å². The van der Waals surface area contributed by atoms with Gasteiger partial charge in [-0.05, 0) is 28.9 Å². The lowest BCUT2D eigenvalue weighted by Crippen LogP contribution is -2.36. The Labute approximate surface area is 191 Å². The van der Waals surface area contributed by atoms with E-state index in [9.17, 15) is 9.59 Å². The second-order valence-corrected chi connectivity index (χ2v) is 10.6. The summed E-state index contributed by atoms with van der Waals surface area (Å²) < 4.78 is 11.2. The van der Waals surface area contributed by atoms with E-state index in [0.717, 1.165) is 22.3 Å². The zero-order valence-electron chi connectivity index (χ0n) is 20.3. The molecule has 2 aromatic rings. The Hall–Kier alpha value is -2.88. The third-order valence-electron chi connectivity index (χ3n) is 6.08.